The summed E-state index contributed by atoms with van der Waals surface area (Å²) in [6, 6.07) is 5.15. The third-order valence-electron chi connectivity index (χ3n) is 7.54. The van der Waals surface area contributed by atoms with Crippen LogP contribution in [0.15, 0.2) is 18.2 Å². The molecule has 2 heterocycles. The van der Waals surface area contributed by atoms with E-state index in [1.54, 1.807) is 11.1 Å². The molecule has 5 rings (SSSR count). The lowest BCUT2D eigenvalue weighted by Gasteiger charge is -2.35. The predicted molar refractivity (Wildman–Crippen MR) is 131 cm³/mol. The molecule has 37 heavy (non-hydrogen) atoms. The second kappa shape index (κ2) is 10.3. The maximum Gasteiger partial charge on any atom is 0.424 e. The number of phenols is 1. The summed E-state index contributed by atoms with van der Waals surface area (Å²) >= 11 is 0. The van der Waals surface area contributed by atoms with Crippen molar-refractivity contribution >= 4 is 24.1 Å². The highest BCUT2D eigenvalue weighted by Gasteiger charge is 2.46. The van der Waals surface area contributed by atoms with Crippen LogP contribution in [0.4, 0.5) is 10.6 Å². The number of ether oxygens (including phenoxy) is 3. The smallest absolute Gasteiger partial charge is 0.424 e. The molecule has 3 N–H and O–H groups in total. The molecule has 3 aliphatic rings. The van der Waals surface area contributed by atoms with E-state index in [9.17, 15) is 19.5 Å². The third-order valence-corrected chi connectivity index (χ3v) is 7.54. The van der Waals surface area contributed by atoms with Gasteiger partial charge >= 0.3 is 6.09 Å². The fourth-order valence-corrected chi connectivity index (χ4v) is 5.61. The Bertz CT molecular complexity index is 1180. The van der Waals surface area contributed by atoms with Crippen molar-refractivity contribution in [3.63, 3.8) is 0 Å². The fourth-order valence-electron chi connectivity index (χ4n) is 5.61. The fraction of sp³-hybridized carbons (Fsp3) is 0.520. The third kappa shape index (κ3) is 5.06. The van der Waals surface area contributed by atoms with Gasteiger partial charge in [0.05, 0.1) is 18.7 Å². The van der Waals surface area contributed by atoms with E-state index in [1.165, 1.54) is 19.2 Å². The number of nitrogens with one attached hydrogen (secondary N) is 2. The number of phenolic OH excluding ortho intramolecular Hbond substituents is 1. The first-order valence-corrected chi connectivity index (χ1v) is 12.4. The lowest BCUT2D eigenvalue weighted by atomic mass is 10.0. The first-order valence-electron chi connectivity index (χ1n) is 12.4. The van der Waals surface area contributed by atoms with Crippen molar-refractivity contribution in [3.8, 4) is 17.2 Å². The topological polar surface area (TPSA) is 146 Å². The Morgan fingerprint density at radius 1 is 1.19 bits per heavy atom. The number of fused-ring (bicyclic) bond motifs is 2. The lowest BCUT2D eigenvalue weighted by molar-refractivity contribution is -0.118. The minimum atomic E-state index is -0.487. The van der Waals surface area contributed by atoms with E-state index in [4.69, 9.17) is 14.2 Å². The van der Waals surface area contributed by atoms with E-state index < -0.39 is 12.5 Å². The average molecular weight is 514 g/mol. The van der Waals surface area contributed by atoms with Crippen LogP contribution < -0.4 is 14.8 Å². The predicted octanol–water partition coefficient (Wildman–Crippen LogP) is 2.81. The summed E-state index contributed by atoms with van der Waals surface area (Å²) in [6.07, 6.45) is 5.50. The van der Waals surface area contributed by atoms with Gasteiger partial charge in [-0.05, 0) is 38.5 Å². The molecule has 1 aliphatic heterocycles. The number of aldehydes is 1. The lowest BCUT2D eigenvalue weighted by Crippen LogP contribution is -2.49. The summed E-state index contributed by atoms with van der Waals surface area (Å²) < 4.78 is 16.3. The molecule has 2 amide bonds. The summed E-state index contributed by atoms with van der Waals surface area (Å²) in [4.78, 5) is 36.4. The van der Waals surface area contributed by atoms with E-state index in [-0.39, 0.29) is 47.0 Å². The molecule has 1 aromatic heterocycles. The highest BCUT2D eigenvalue weighted by Crippen LogP contribution is 2.39. The summed E-state index contributed by atoms with van der Waals surface area (Å²) in [6.45, 7) is -0.399. The number of H-pyrrole nitrogens is 1. The van der Waals surface area contributed by atoms with Crippen molar-refractivity contribution < 1.29 is 33.7 Å². The number of hydrogen-bond acceptors (Lipinski definition) is 9. The van der Waals surface area contributed by atoms with E-state index in [2.05, 4.69) is 15.5 Å². The van der Waals surface area contributed by atoms with Gasteiger partial charge in [0, 0.05) is 42.9 Å². The molecule has 1 saturated heterocycles. The second-order valence-electron chi connectivity index (χ2n) is 9.78. The standard InChI is InChI=1S/C25H31N5O7/c1-29-15-4-5-16(8-15)30(29)25(34)37-17-6-3-14(7-17)20-11-23(28-27-20)26-24(33)13-36-22-10-18(35-2)9-21(32)19(22)12-31/h9-12,14-17,32H,3-8,13H2,1-2H3,(H2,26,27,28,33)/t14-,15?,16?,17?/m0/s1. The Kier molecular flexibility index (Phi) is 6.92. The molecule has 12 nitrogen and oxygen atoms in total. The largest absolute Gasteiger partial charge is 0.507 e. The maximum absolute atomic E-state index is 12.8. The van der Waals surface area contributed by atoms with Crippen LogP contribution in [0.2, 0.25) is 0 Å². The molecule has 2 bridgehead atoms. The van der Waals surface area contributed by atoms with Crippen LogP contribution in [0, 0.1) is 0 Å². The van der Waals surface area contributed by atoms with Gasteiger partial charge < -0.3 is 24.6 Å². The zero-order valence-corrected chi connectivity index (χ0v) is 20.8. The van der Waals surface area contributed by atoms with E-state index in [0.717, 1.165) is 37.8 Å². The van der Waals surface area contributed by atoms with Gasteiger partial charge in [0.2, 0.25) is 0 Å². The van der Waals surface area contributed by atoms with Crippen LogP contribution in [0.25, 0.3) is 0 Å². The molecule has 3 fully saturated rings. The molecule has 0 spiro atoms. The Hall–Kier alpha value is -3.80. The number of carbonyl (C=O) groups is 3. The number of amides is 2. The minimum absolute atomic E-state index is 0.0317. The van der Waals surface area contributed by atoms with Gasteiger partial charge in [0.15, 0.2) is 18.7 Å². The van der Waals surface area contributed by atoms with Gasteiger partial charge in [-0.25, -0.2) is 14.8 Å². The van der Waals surface area contributed by atoms with Crippen LogP contribution >= 0.6 is 0 Å². The van der Waals surface area contributed by atoms with E-state index >= 15 is 0 Å². The highest BCUT2D eigenvalue weighted by molar-refractivity contribution is 5.91. The number of carbonyl (C=O) groups excluding carboxylic acids is 3. The molecular weight excluding hydrogens is 482 g/mol. The number of nitrogens with zero attached hydrogens (tertiary/aromatic N) is 3. The number of anilines is 1. The SMILES string of the molecule is COc1cc(O)c(C=O)c(OCC(=O)Nc2cc([C@H]3CCC(OC(=O)N4C5CCC(C5)N4C)C3)[nH]n2)c1. The Morgan fingerprint density at radius 3 is 2.73 bits per heavy atom. The van der Waals surface area contributed by atoms with Gasteiger partial charge in [-0.3, -0.25) is 14.7 Å². The van der Waals surface area contributed by atoms with Crippen molar-refractivity contribution in [2.75, 3.05) is 26.1 Å². The second-order valence-corrected chi connectivity index (χ2v) is 9.78. The quantitative estimate of drug-likeness (QED) is 0.454. The molecule has 3 unspecified atom stereocenters. The molecule has 2 saturated carbocycles. The Labute approximate surface area is 213 Å². The van der Waals surface area contributed by atoms with Crippen LogP contribution in [0.1, 0.15) is 60.5 Å². The number of hydrazine groups is 1. The van der Waals surface area contributed by atoms with E-state index in [0.29, 0.717) is 24.6 Å². The van der Waals surface area contributed by atoms with E-state index in [1.807, 2.05) is 12.1 Å². The summed E-state index contributed by atoms with van der Waals surface area (Å²) in [5.41, 5.74) is 0.782. The van der Waals surface area contributed by atoms with Crippen molar-refractivity contribution in [1.29, 1.82) is 0 Å². The summed E-state index contributed by atoms with van der Waals surface area (Å²) in [5, 5.41) is 23.5. The van der Waals surface area contributed by atoms with Gasteiger partial charge in [-0.1, -0.05) is 0 Å². The van der Waals surface area contributed by atoms with Gasteiger partial charge in [-0.2, -0.15) is 5.10 Å². The number of methoxy groups -OCH3 is 1. The molecule has 12 heteroatoms. The Balaban J connectivity index is 1.12. The number of benzene rings is 1. The average Bonchev–Trinajstić information content (AvgIpc) is 3.67. The monoisotopic (exact) mass is 513 g/mol. The maximum atomic E-state index is 12.8. The van der Waals surface area contributed by atoms with Crippen molar-refractivity contribution in [2.45, 2.75) is 62.6 Å². The first kappa shape index (κ1) is 24.9. The number of rotatable bonds is 8. The zero-order valence-electron chi connectivity index (χ0n) is 20.8. The molecule has 2 aliphatic carbocycles. The van der Waals surface area contributed by atoms with Crippen LogP contribution in [-0.4, -0.2) is 82.6 Å². The molecule has 4 atom stereocenters. The van der Waals surface area contributed by atoms with Crippen molar-refractivity contribution in [2.24, 2.45) is 0 Å². The molecule has 198 valence electrons. The number of aromatic nitrogens is 2. The molecule has 2 aromatic rings. The van der Waals surface area contributed by atoms with Gasteiger partial charge in [0.1, 0.15) is 23.4 Å². The first-order chi connectivity index (χ1) is 17.9. The van der Waals surface area contributed by atoms with Crippen molar-refractivity contribution in [1.82, 2.24) is 20.2 Å². The molecule has 0 radical (unpaired) electrons. The summed E-state index contributed by atoms with van der Waals surface area (Å²) in [7, 11) is 3.36. The van der Waals surface area contributed by atoms with Gasteiger partial charge in [-0.15, -0.1) is 0 Å². The number of aromatic amines is 1. The van der Waals surface area contributed by atoms with Crippen molar-refractivity contribution in [3.05, 3.63) is 29.5 Å². The zero-order chi connectivity index (χ0) is 26.1. The normalized spacial score (nSPS) is 24.8. The van der Waals surface area contributed by atoms with Crippen LogP contribution in [-0.2, 0) is 9.53 Å². The molecule has 1 aromatic carbocycles. The highest BCUT2D eigenvalue weighted by atomic mass is 16.6. The van der Waals surface area contributed by atoms with Gasteiger partial charge in [0.25, 0.3) is 5.91 Å². The van der Waals surface area contributed by atoms with Crippen LogP contribution in [0.3, 0.4) is 0 Å². The number of hydrogen-bond donors (Lipinski definition) is 3. The van der Waals surface area contributed by atoms with Crippen LogP contribution in [0.5, 0.6) is 17.2 Å². The Morgan fingerprint density at radius 2 is 2.00 bits per heavy atom. The minimum Gasteiger partial charge on any atom is -0.507 e. The molecular formula is C25H31N5O7. The number of aromatic hydroxyl groups is 1. The summed E-state index contributed by atoms with van der Waals surface area (Å²) in [5.74, 6) is -0.000901.